The van der Waals surface area contributed by atoms with Crippen LogP contribution in [0.3, 0.4) is 0 Å². The highest BCUT2D eigenvalue weighted by molar-refractivity contribution is 5.80. The predicted molar refractivity (Wildman–Crippen MR) is 78.4 cm³/mol. The molecule has 0 spiro atoms. The van der Waals surface area contributed by atoms with Crippen LogP contribution in [0.5, 0.6) is 5.75 Å². The number of hydrogen-bond acceptors (Lipinski definition) is 4. The zero-order chi connectivity index (χ0) is 14.2. The van der Waals surface area contributed by atoms with Crippen molar-refractivity contribution in [1.82, 2.24) is 4.90 Å². The number of guanidine groups is 1. The molecule has 0 amide bonds. The van der Waals surface area contributed by atoms with Crippen LogP contribution in [0.2, 0.25) is 0 Å². The number of hydrogen-bond donors (Lipinski definition) is 2. The quantitative estimate of drug-likeness (QED) is 0.878. The lowest BCUT2D eigenvalue weighted by molar-refractivity contribution is 0.268. The molecule has 104 valence electrons. The Morgan fingerprint density at radius 3 is 2.53 bits per heavy atom. The second kappa shape index (κ2) is 5.11. The van der Waals surface area contributed by atoms with Crippen LogP contribution in [0.1, 0.15) is 43.0 Å². The normalized spacial score (nSPS) is 20.5. The molecule has 1 aromatic carbocycles. The summed E-state index contributed by atoms with van der Waals surface area (Å²) in [5.41, 5.74) is 9.01. The second-order valence-electron chi connectivity index (χ2n) is 5.38. The fraction of sp³-hybridized carbons (Fsp3) is 0.533. The van der Waals surface area contributed by atoms with Crippen molar-refractivity contribution in [3.8, 4) is 5.75 Å². The molecule has 0 aliphatic carbocycles. The van der Waals surface area contributed by atoms with Gasteiger partial charge in [-0.25, -0.2) is 0 Å². The van der Waals surface area contributed by atoms with E-state index >= 15 is 0 Å². The lowest BCUT2D eigenvalue weighted by Crippen LogP contribution is -2.42. The maximum atomic E-state index is 9.88. The van der Waals surface area contributed by atoms with E-state index in [1.165, 1.54) is 5.56 Å². The summed E-state index contributed by atoms with van der Waals surface area (Å²) < 4.78 is 0. The summed E-state index contributed by atoms with van der Waals surface area (Å²) in [6.45, 7) is 8.87. The summed E-state index contributed by atoms with van der Waals surface area (Å²) in [5.74, 6) is 1.01. The molecule has 2 atom stereocenters. The first-order valence-corrected chi connectivity index (χ1v) is 6.84. The molecular formula is C15H23N3O. The van der Waals surface area contributed by atoms with E-state index in [4.69, 9.17) is 5.73 Å². The summed E-state index contributed by atoms with van der Waals surface area (Å²) in [6.07, 6.45) is 1.03. The van der Waals surface area contributed by atoms with E-state index < -0.39 is 0 Å². The minimum Gasteiger partial charge on any atom is -0.507 e. The Bertz CT molecular complexity index is 487. The molecule has 2 rings (SSSR count). The van der Waals surface area contributed by atoms with Crippen molar-refractivity contribution in [2.75, 3.05) is 6.54 Å². The summed E-state index contributed by atoms with van der Waals surface area (Å²) in [4.78, 5) is 6.57. The van der Waals surface area contributed by atoms with Crippen LogP contribution in [0.15, 0.2) is 17.1 Å². The number of benzene rings is 1. The van der Waals surface area contributed by atoms with Gasteiger partial charge in [0, 0.05) is 6.04 Å². The molecule has 0 fully saturated rings. The summed E-state index contributed by atoms with van der Waals surface area (Å²) in [5, 5.41) is 9.88. The smallest absolute Gasteiger partial charge is 0.192 e. The van der Waals surface area contributed by atoms with Gasteiger partial charge >= 0.3 is 0 Å². The number of phenolic OH excluding ortho intramolecular Hbond substituents is 1. The lowest BCUT2D eigenvalue weighted by Gasteiger charge is -2.32. The van der Waals surface area contributed by atoms with Gasteiger partial charge in [0.2, 0.25) is 0 Å². The van der Waals surface area contributed by atoms with Gasteiger partial charge in [-0.15, -0.1) is 0 Å². The van der Waals surface area contributed by atoms with Crippen molar-refractivity contribution in [1.29, 1.82) is 0 Å². The highest BCUT2D eigenvalue weighted by atomic mass is 16.3. The van der Waals surface area contributed by atoms with Crippen molar-refractivity contribution in [2.24, 2.45) is 10.7 Å². The molecule has 0 bridgehead atoms. The molecule has 1 aliphatic rings. The van der Waals surface area contributed by atoms with Crippen LogP contribution in [0.4, 0.5) is 0 Å². The molecule has 4 heteroatoms. The molecule has 4 nitrogen and oxygen atoms in total. The number of phenols is 1. The Balaban J connectivity index is 2.37. The van der Waals surface area contributed by atoms with Crippen molar-refractivity contribution in [3.63, 3.8) is 0 Å². The Labute approximate surface area is 114 Å². The summed E-state index contributed by atoms with van der Waals surface area (Å²) in [6, 6.07) is 4.63. The number of rotatable bonds is 3. The van der Waals surface area contributed by atoms with Crippen molar-refractivity contribution in [2.45, 2.75) is 46.2 Å². The van der Waals surface area contributed by atoms with Gasteiger partial charge in [0.25, 0.3) is 0 Å². The van der Waals surface area contributed by atoms with Crippen LogP contribution < -0.4 is 5.73 Å². The highest BCUT2D eigenvalue weighted by Gasteiger charge is 2.30. The molecule has 0 radical (unpaired) electrons. The summed E-state index contributed by atoms with van der Waals surface area (Å²) >= 11 is 0. The average Bonchev–Trinajstić information content (AvgIpc) is 2.76. The fourth-order valence-electron chi connectivity index (χ4n) is 2.69. The molecule has 1 aliphatic heterocycles. The first-order valence-electron chi connectivity index (χ1n) is 6.84. The van der Waals surface area contributed by atoms with Gasteiger partial charge in [-0.2, -0.15) is 0 Å². The van der Waals surface area contributed by atoms with Crippen LogP contribution in [-0.4, -0.2) is 28.6 Å². The third-order valence-electron chi connectivity index (χ3n) is 3.99. The maximum absolute atomic E-state index is 9.88. The van der Waals surface area contributed by atoms with Gasteiger partial charge in [-0.1, -0.05) is 19.1 Å². The Morgan fingerprint density at radius 1 is 1.42 bits per heavy atom. The van der Waals surface area contributed by atoms with Crippen molar-refractivity contribution in [3.05, 3.63) is 28.8 Å². The Kier molecular flexibility index (Phi) is 3.69. The van der Waals surface area contributed by atoms with Crippen LogP contribution in [-0.2, 0) is 0 Å². The molecule has 0 aromatic heterocycles. The molecular weight excluding hydrogens is 238 g/mol. The largest absolute Gasteiger partial charge is 0.507 e. The van der Waals surface area contributed by atoms with E-state index in [2.05, 4.69) is 23.7 Å². The molecule has 1 heterocycles. The monoisotopic (exact) mass is 261 g/mol. The first-order chi connectivity index (χ1) is 8.95. The third kappa shape index (κ3) is 2.39. The zero-order valence-electron chi connectivity index (χ0n) is 12.1. The van der Waals surface area contributed by atoms with Gasteiger partial charge in [-0.05, 0) is 43.9 Å². The standard InChI is InChI=1S/C15H23N3O/c1-5-11(4)18-13(8-17-15(18)16)12-6-9(2)14(19)10(3)7-12/h6-7,11,13,19H,5,8H2,1-4H3,(H2,16,17). The van der Waals surface area contributed by atoms with E-state index in [1.54, 1.807) is 0 Å². The van der Waals surface area contributed by atoms with Crippen LogP contribution in [0, 0.1) is 13.8 Å². The number of aryl methyl sites for hydroxylation is 2. The Morgan fingerprint density at radius 2 is 2.00 bits per heavy atom. The minimum absolute atomic E-state index is 0.188. The van der Waals surface area contributed by atoms with Gasteiger partial charge in [0.15, 0.2) is 5.96 Å². The van der Waals surface area contributed by atoms with Crippen LogP contribution in [0.25, 0.3) is 0 Å². The van der Waals surface area contributed by atoms with Crippen LogP contribution >= 0.6 is 0 Å². The van der Waals surface area contributed by atoms with Gasteiger partial charge in [0.05, 0.1) is 12.6 Å². The SMILES string of the molecule is CCC(C)N1C(N)=NCC1c1cc(C)c(O)c(C)c1. The fourth-order valence-corrected chi connectivity index (χ4v) is 2.69. The minimum atomic E-state index is 0.188. The molecule has 1 aromatic rings. The maximum Gasteiger partial charge on any atom is 0.192 e. The molecule has 0 saturated carbocycles. The van der Waals surface area contributed by atoms with E-state index in [-0.39, 0.29) is 6.04 Å². The Hall–Kier alpha value is -1.71. The third-order valence-corrected chi connectivity index (χ3v) is 3.99. The first kappa shape index (κ1) is 13.7. The second-order valence-corrected chi connectivity index (χ2v) is 5.38. The predicted octanol–water partition coefficient (Wildman–Crippen LogP) is 2.48. The molecule has 19 heavy (non-hydrogen) atoms. The molecule has 3 N–H and O–H groups in total. The van der Waals surface area contributed by atoms with Crippen molar-refractivity contribution >= 4 is 5.96 Å². The van der Waals surface area contributed by atoms with E-state index in [1.807, 2.05) is 26.0 Å². The van der Waals surface area contributed by atoms with Gasteiger partial charge in [0.1, 0.15) is 5.75 Å². The lowest BCUT2D eigenvalue weighted by atomic mass is 9.98. The number of aliphatic imine (C=N–C) groups is 1. The number of aromatic hydroxyl groups is 1. The van der Waals surface area contributed by atoms with Gasteiger partial charge in [-0.3, -0.25) is 4.99 Å². The average molecular weight is 261 g/mol. The highest BCUT2D eigenvalue weighted by Crippen LogP contribution is 2.32. The van der Waals surface area contributed by atoms with E-state index in [0.29, 0.717) is 24.3 Å². The molecule has 0 saturated heterocycles. The topological polar surface area (TPSA) is 61.8 Å². The van der Waals surface area contributed by atoms with E-state index in [9.17, 15) is 5.11 Å². The number of nitrogens with zero attached hydrogens (tertiary/aromatic N) is 2. The zero-order valence-corrected chi connectivity index (χ0v) is 12.1. The van der Waals surface area contributed by atoms with Gasteiger partial charge < -0.3 is 15.7 Å². The number of nitrogens with two attached hydrogens (primary N) is 1. The van der Waals surface area contributed by atoms with E-state index in [0.717, 1.165) is 17.5 Å². The van der Waals surface area contributed by atoms with Crippen molar-refractivity contribution < 1.29 is 5.11 Å². The molecule has 2 unspecified atom stereocenters. The summed E-state index contributed by atoms with van der Waals surface area (Å²) in [7, 11) is 0.